The van der Waals surface area contributed by atoms with Crippen molar-refractivity contribution in [2.24, 2.45) is 0 Å². The van der Waals surface area contributed by atoms with Crippen molar-refractivity contribution in [3.8, 4) is 11.3 Å². The molecule has 0 bridgehead atoms. The highest BCUT2D eigenvalue weighted by molar-refractivity contribution is 7.71. The Kier molecular flexibility index (Phi) is 4.52. The van der Waals surface area contributed by atoms with Gasteiger partial charge in [0.15, 0.2) is 4.77 Å². The summed E-state index contributed by atoms with van der Waals surface area (Å²) in [5.74, 6) is 0. The van der Waals surface area contributed by atoms with E-state index in [0.29, 0.717) is 28.6 Å². The first-order valence-electron chi connectivity index (χ1n) is 5.71. The second-order valence-electron chi connectivity index (χ2n) is 3.95. The Balaban J connectivity index is 2.64. The maximum Gasteiger partial charge on any atom is 0.252 e. The molecule has 1 aromatic carbocycles. The van der Waals surface area contributed by atoms with Crippen LogP contribution in [-0.4, -0.2) is 23.3 Å². The van der Waals surface area contributed by atoms with E-state index in [4.69, 9.17) is 28.6 Å². The number of nitrogens with one attached hydrogen (secondary N) is 1. The summed E-state index contributed by atoms with van der Waals surface area (Å²) in [5.41, 5.74) is 1.22. The molecular formula is C13H13ClN2O2S. The molecule has 1 aromatic heterocycles. The Labute approximate surface area is 120 Å². The standard InChI is InChI=1S/C13H13ClN2O2S/c1-18-7-6-16-11(8-12(17)15-13(16)19)9-4-2-3-5-10(9)14/h2-5,8H,6-7H2,1H3,(H,15,17,19). The lowest BCUT2D eigenvalue weighted by molar-refractivity contribution is 0.187. The Morgan fingerprint density at radius 1 is 1.42 bits per heavy atom. The van der Waals surface area contributed by atoms with Crippen LogP contribution in [0.2, 0.25) is 5.02 Å². The number of H-pyrrole nitrogens is 1. The molecule has 0 atom stereocenters. The number of benzene rings is 1. The highest BCUT2D eigenvalue weighted by atomic mass is 35.5. The zero-order valence-electron chi connectivity index (χ0n) is 10.4. The van der Waals surface area contributed by atoms with Crippen molar-refractivity contribution in [1.82, 2.24) is 9.55 Å². The molecule has 0 fully saturated rings. The van der Waals surface area contributed by atoms with E-state index in [2.05, 4.69) is 4.98 Å². The molecule has 0 saturated heterocycles. The highest BCUT2D eigenvalue weighted by Crippen LogP contribution is 2.26. The smallest absolute Gasteiger partial charge is 0.252 e. The minimum atomic E-state index is -0.242. The third-order valence-corrected chi connectivity index (χ3v) is 3.35. The topological polar surface area (TPSA) is 47.0 Å². The molecule has 1 N–H and O–H groups in total. The zero-order valence-corrected chi connectivity index (χ0v) is 11.9. The number of nitrogens with zero attached hydrogens (tertiary/aromatic N) is 1. The largest absolute Gasteiger partial charge is 0.383 e. The van der Waals surface area contributed by atoms with Gasteiger partial charge in [-0.15, -0.1) is 0 Å². The Bertz CT molecular complexity index is 694. The van der Waals surface area contributed by atoms with Crippen molar-refractivity contribution in [2.45, 2.75) is 6.54 Å². The summed E-state index contributed by atoms with van der Waals surface area (Å²) in [6.07, 6.45) is 0. The molecule has 0 amide bonds. The van der Waals surface area contributed by atoms with Crippen LogP contribution in [0.15, 0.2) is 35.1 Å². The van der Waals surface area contributed by atoms with Crippen LogP contribution in [0.3, 0.4) is 0 Å². The van der Waals surface area contributed by atoms with Crippen LogP contribution in [0.1, 0.15) is 0 Å². The molecule has 2 aromatic rings. The van der Waals surface area contributed by atoms with Gasteiger partial charge in [-0.05, 0) is 18.3 Å². The van der Waals surface area contributed by atoms with Crippen molar-refractivity contribution < 1.29 is 4.74 Å². The lowest BCUT2D eigenvalue weighted by Gasteiger charge is -2.14. The first-order valence-corrected chi connectivity index (χ1v) is 6.50. The number of ether oxygens (including phenoxy) is 1. The van der Waals surface area contributed by atoms with Crippen LogP contribution in [0.25, 0.3) is 11.3 Å². The average Bonchev–Trinajstić information content (AvgIpc) is 2.37. The van der Waals surface area contributed by atoms with E-state index < -0.39 is 0 Å². The maximum absolute atomic E-state index is 11.6. The van der Waals surface area contributed by atoms with E-state index in [0.717, 1.165) is 5.56 Å². The van der Waals surface area contributed by atoms with Gasteiger partial charge in [-0.25, -0.2) is 0 Å². The molecule has 0 unspecified atom stereocenters. The molecule has 0 aliphatic heterocycles. The number of aromatic amines is 1. The van der Waals surface area contributed by atoms with Gasteiger partial charge in [0, 0.05) is 30.3 Å². The minimum absolute atomic E-state index is 0.242. The third kappa shape index (κ3) is 3.12. The zero-order chi connectivity index (χ0) is 13.8. The molecule has 0 aliphatic rings. The molecule has 2 rings (SSSR count). The van der Waals surface area contributed by atoms with E-state index in [9.17, 15) is 4.79 Å². The van der Waals surface area contributed by atoms with Crippen molar-refractivity contribution >= 4 is 23.8 Å². The van der Waals surface area contributed by atoms with Gasteiger partial charge in [-0.3, -0.25) is 9.78 Å². The predicted molar refractivity (Wildman–Crippen MR) is 78.2 cm³/mol. The molecule has 100 valence electrons. The lowest BCUT2D eigenvalue weighted by Crippen LogP contribution is -2.16. The molecule has 0 spiro atoms. The number of rotatable bonds is 4. The average molecular weight is 297 g/mol. The quantitative estimate of drug-likeness (QED) is 0.883. The van der Waals surface area contributed by atoms with Gasteiger partial charge in [0.2, 0.25) is 0 Å². The minimum Gasteiger partial charge on any atom is -0.383 e. The molecule has 4 nitrogen and oxygen atoms in total. The Morgan fingerprint density at radius 3 is 2.84 bits per heavy atom. The number of halogens is 1. The predicted octanol–water partition coefficient (Wildman–Crippen LogP) is 2.87. The Morgan fingerprint density at radius 2 is 2.16 bits per heavy atom. The first-order chi connectivity index (χ1) is 9.13. The van der Waals surface area contributed by atoms with E-state index in [1.54, 1.807) is 17.7 Å². The summed E-state index contributed by atoms with van der Waals surface area (Å²) in [4.78, 5) is 14.2. The number of hydrogen-bond acceptors (Lipinski definition) is 3. The van der Waals surface area contributed by atoms with E-state index in [1.807, 2.05) is 18.2 Å². The molecule has 19 heavy (non-hydrogen) atoms. The number of aromatic nitrogens is 2. The second kappa shape index (κ2) is 6.14. The van der Waals surface area contributed by atoms with Gasteiger partial charge in [-0.1, -0.05) is 29.8 Å². The van der Waals surface area contributed by atoms with Crippen molar-refractivity contribution in [3.63, 3.8) is 0 Å². The second-order valence-corrected chi connectivity index (χ2v) is 4.74. The molecular weight excluding hydrogens is 284 g/mol. The monoisotopic (exact) mass is 296 g/mol. The van der Waals surface area contributed by atoms with Gasteiger partial charge in [-0.2, -0.15) is 0 Å². The summed E-state index contributed by atoms with van der Waals surface area (Å²) in [6.45, 7) is 1.05. The summed E-state index contributed by atoms with van der Waals surface area (Å²) in [5, 5.41) is 0.577. The fraction of sp³-hybridized carbons (Fsp3) is 0.231. The molecule has 1 heterocycles. The van der Waals surface area contributed by atoms with Crippen LogP contribution >= 0.6 is 23.8 Å². The number of methoxy groups -OCH3 is 1. The van der Waals surface area contributed by atoms with E-state index in [1.165, 1.54) is 6.07 Å². The molecule has 6 heteroatoms. The summed E-state index contributed by atoms with van der Waals surface area (Å²) in [7, 11) is 1.62. The lowest BCUT2D eigenvalue weighted by atomic mass is 10.1. The SMILES string of the molecule is COCCn1c(-c2ccccc2Cl)cc(=O)[nH]c1=S. The van der Waals surface area contributed by atoms with Gasteiger partial charge in [0.1, 0.15) is 0 Å². The normalized spacial score (nSPS) is 10.6. The summed E-state index contributed by atoms with van der Waals surface area (Å²) >= 11 is 11.4. The third-order valence-electron chi connectivity index (χ3n) is 2.70. The van der Waals surface area contributed by atoms with Crippen molar-refractivity contribution in [2.75, 3.05) is 13.7 Å². The molecule has 0 radical (unpaired) electrons. The fourth-order valence-electron chi connectivity index (χ4n) is 1.82. The van der Waals surface area contributed by atoms with Gasteiger partial charge >= 0.3 is 0 Å². The van der Waals surface area contributed by atoms with Gasteiger partial charge in [0.05, 0.1) is 12.3 Å². The van der Waals surface area contributed by atoms with Crippen LogP contribution in [0, 0.1) is 4.77 Å². The van der Waals surface area contributed by atoms with Crippen LogP contribution < -0.4 is 5.56 Å². The molecule has 0 aliphatic carbocycles. The van der Waals surface area contributed by atoms with E-state index in [-0.39, 0.29) is 5.56 Å². The first kappa shape index (κ1) is 14.0. The van der Waals surface area contributed by atoms with Crippen LogP contribution in [0.5, 0.6) is 0 Å². The highest BCUT2D eigenvalue weighted by Gasteiger charge is 2.09. The molecule has 0 saturated carbocycles. The van der Waals surface area contributed by atoms with Gasteiger partial charge in [0.25, 0.3) is 5.56 Å². The van der Waals surface area contributed by atoms with E-state index >= 15 is 0 Å². The summed E-state index contributed by atoms with van der Waals surface area (Å²) < 4.78 is 7.23. The van der Waals surface area contributed by atoms with Crippen molar-refractivity contribution in [1.29, 1.82) is 0 Å². The number of hydrogen-bond donors (Lipinski definition) is 1. The van der Waals surface area contributed by atoms with Crippen molar-refractivity contribution in [3.05, 3.63) is 50.5 Å². The van der Waals surface area contributed by atoms with Crippen LogP contribution in [0.4, 0.5) is 0 Å². The fourth-order valence-corrected chi connectivity index (χ4v) is 2.34. The maximum atomic E-state index is 11.6. The summed E-state index contributed by atoms with van der Waals surface area (Å²) in [6, 6.07) is 8.84. The Hall–Kier alpha value is -1.43. The van der Waals surface area contributed by atoms with Crippen LogP contribution in [-0.2, 0) is 11.3 Å². The van der Waals surface area contributed by atoms with Gasteiger partial charge < -0.3 is 9.30 Å².